The highest BCUT2D eigenvalue weighted by atomic mass is 32.2. The molecule has 114 valence electrons. The van der Waals surface area contributed by atoms with E-state index in [0.717, 1.165) is 38.0 Å². The second-order valence-electron chi connectivity index (χ2n) is 4.57. The number of pyridine rings is 1. The van der Waals surface area contributed by atoms with E-state index >= 15 is 0 Å². The van der Waals surface area contributed by atoms with Crippen LogP contribution >= 0.6 is 23.1 Å². The van der Waals surface area contributed by atoms with E-state index in [1.165, 1.54) is 25.6 Å². The largest absolute Gasteiger partial charge is 0.465 e. The zero-order valence-corrected chi connectivity index (χ0v) is 13.8. The zero-order chi connectivity index (χ0) is 15.9. The van der Waals surface area contributed by atoms with Gasteiger partial charge in [-0.15, -0.1) is 11.3 Å². The van der Waals surface area contributed by atoms with E-state index in [1.54, 1.807) is 0 Å². The SMILES string of the molecule is COC(=O)Sc1c2sc(C(=O)OC)c(C)c2n2ccccc12. The summed E-state index contributed by atoms with van der Waals surface area (Å²) < 4.78 is 12.5. The Labute approximate surface area is 134 Å². The lowest BCUT2D eigenvalue weighted by molar-refractivity contribution is 0.0605. The molecule has 5 nitrogen and oxygen atoms in total. The molecule has 0 fully saturated rings. The molecule has 0 saturated carbocycles. The van der Waals surface area contributed by atoms with Crippen molar-refractivity contribution in [2.75, 3.05) is 14.2 Å². The second kappa shape index (κ2) is 5.66. The maximum Gasteiger partial charge on any atom is 0.372 e. The number of ether oxygens (including phenoxy) is 2. The van der Waals surface area contributed by atoms with Gasteiger partial charge in [0.2, 0.25) is 0 Å². The van der Waals surface area contributed by atoms with Crippen molar-refractivity contribution in [2.45, 2.75) is 11.8 Å². The molecule has 0 N–H and O–H groups in total. The van der Waals surface area contributed by atoms with Crippen LogP contribution in [0, 0.1) is 6.92 Å². The van der Waals surface area contributed by atoms with Crippen molar-refractivity contribution >= 4 is 50.1 Å². The van der Waals surface area contributed by atoms with Crippen molar-refractivity contribution < 1.29 is 19.1 Å². The van der Waals surface area contributed by atoms with Gasteiger partial charge in [-0.05, 0) is 36.4 Å². The molecule has 0 aliphatic rings. The van der Waals surface area contributed by atoms with Gasteiger partial charge in [0.25, 0.3) is 0 Å². The summed E-state index contributed by atoms with van der Waals surface area (Å²) in [5.74, 6) is -0.364. The summed E-state index contributed by atoms with van der Waals surface area (Å²) in [5, 5.41) is -0.385. The summed E-state index contributed by atoms with van der Waals surface area (Å²) in [6.45, 7) is 1.89. The van der Waals surface area contributed by atoms with Gasteiger partial charge in [-0.25, -0.2) is 9.59 Å². The minimum absolute atomic E-state index is 0.364. The Morgan fingerprint density at radius 1 is 1.23 bits per heavy atom. The number of aryl methyl sites for hydroxylation is 1. The van der Waals surface area contributed by atoms with Crippen molar-refractivity contribution in [1.82, 2.24) is 4.40 Å². The van der Waals surface area contributed by atoms with Gasteiger partial charge in [-0.3, -0.25) is 0 Å². The predicted molar refractivity (Wildman–Crippen MR) is 87.1 cm³/mol. The van der Waals surface area contributed by atoms with E-state index in [-0.39, 0.29) is 11.3 Å². The van der Waals surface area contributed by atoms with Crippen molar-refractivity contribution in [2.24, 2.45) is 0 Å². The van der Waals surface area contributed by atoms with Gasteiger partial charge in [-0.1, -0.05) is 6.07 Å². The Morgan fingerprint density at radius 3 is 2.68 bits per heavy atom. The average molecular weight is 335 g/mol. The van der Waals surface area contributed by atoms with Crippen LogP contribution in [0.1, 0.15) is 15.2 Å². The first kappa shape index (κ1) is 14.9. The summed E-state index contributed by atoms with van der Waals surface area (Å²) in [6, 6.07) is 5.76. The summed E-state index contributed by atoms with van der Waals surface area (Å²) in [5.41, 5.74) is 2.69. The van der Waals surface area contributed by atoms with E-state index in [0.29, 0.717) is 4.88 Å². The number of aromatic nitrogens is 1. The van der Waals surface area contributed by atoms with E-state index in [4.69, 9.17) is 9.47 Å². The van der Waals surface area contributed by atoms with Crippen LogP contribution in [0.2, 0.25) is 0 Å². The predicted octanol–water partition coefficient (Wildman–Crippen LogP) is 4.11. The number of esters is 1. The number of carbonyl (C=O) groups excluding carboxylic acids is 2. The van der Waals surface area contributed by atoms with Gasteiger partial charge >= 0.3 is 11.3 Å². The number of fused-ring (bicyclic) bond motifs is 3. The normalized spacial score (nSPS) is 11.0. The van der Waals surface area contributed by atoms with Crippen LogP contribution in [0.15, 0.2) is 29.3 Å². The van der Waals surface area contributed by atoms with E-state index in [9.17, 15) is 9.59 Å². The standard InChI is InChI=1S/C15H13NO4S2/c1-8-10-13(21-11(8)14(17)19-2)12(22-15(18)20-3)9-6-4-5-7-16(9)10/h4-7H,1-3H3. The maximum atomic E-state index is 11.9. The minimum atomic E-state index is -0.385. The lowest BCUT2D eigenvalue weighted by Crippen LogP contribution is -2.00. The summed E-state index contributed by atoms with van der Waals surface area (Å²) in [4.78, 5) is 25.0. The van der Waals surface area contributed by atoms with E-state index < -0.39 is 0 Å². The average Bonchev–Trinajstić information content (AvgIpc) is 3.03. The molecule has 7 heteroatoms. The van der Waals surface area contributed by atoms with Crippen LogP contribution in [-0.4, -0.2) is 29.9 Å². The monoisotopic (exact) mass is 335 g/mol. The molecule has 0 spiro atoms. The third-order valence-corrected chi connectivity index (χ3v) is 5.74. The van der Waals surface area contributed by atoms with Crippen molar-refractivity contribution in [3.05, 3.63) is 34.8 Å². The van der Waals surface area contributed by atoms with Gasteiger partial charge in [0.05, 0.1) is 34.8 Å². The van der Waals surface area contributed by atoms with Gasteiger partial charge in [0.1, 0.15) is 4.88 Å². The quantitative estimate of drug-likeness (QED) is 0.521. The molecule has 0 amide bonds. The first-order valence-electron chi connectivity index (χ1n) is 6.44. The fraction of sp³-hybridized carbons (Fsp3) is 0.200. The number of thioether (sulfide) groups is 1. The van der Waals surface area contributed by atoms with Gasteiger partial charge in [0, 0.05) is 6.20 Å². The van der Waals surface area contributed by atoms with E-state index in [2.05, 4.69) is 0 Å². The lowest BCUT2D eigenvalue weighted by atomic mass is 10.2. The van der Waals surface area contributed by atoms with Crippen LogP contribution in [0.25, 0.3) is 15.7 Å². The molecule has 0 bridgehead atoms. The highest BCUT2D eigenvalue weighted by Gasteiger charge is 2.24. The molecule has 0 unspecified atom stereocenters. The molecule has 0 aliphatic heterocycles. The zero-order valence-electron chi connectivity index (χ0n) is 12.2. The Morgan fingerprint density at radius 2 is 2.00 bits per heavy atom. The second-order valence-corrected chi connectivity index (χ2v) is 6.53. The maximum absolute atomic E-state index is 11.9. The molecule has 3 aromatic rings. The lowest BCUT2D eigenvalue weighted by Gasteiger charge is -2.01. The fourth-order valence-corrected chi connectivity index (χ4v) is 4.53. The summed E-state index contributed by atoms with van der Waals surface area (Å²) in [7, 11) is 2.71. The van der Waals surface area contributed by atoms with Crippen molar-refractivity contribution in [1.29, 1.82) is 0 Å². The third kappa shape index (κ3) is 2.17. The van der Waals surface area contributed by atoms with Crippen molar-refractivity contribution in [3.63, 3.8) is 0 Å². The number of nitrogens with zero attached hydrogens (tertiary/aromatic N) is 1. The number of hydrogen-bond donors (Lipinski definition) is 0. The first-order chi connectivity index (χ1) is 10.6. The van der Waals surface area contributed by atoms with Crippen LogP contribution in [0.3, 0.4) is 0 Å². The summed E-state index contributed by atoms with van der Waals surface area (Å²) >= 11 is 2.36. The molecule has 3 aromatic heterocycles. The number of methoxy groups -OCH3 is 2. The molecule has 3 heterocycles. The van der Waals surface area contributed by atoms with Crippen molar-refractivity contribution in [3.8, 4) is 0 Å². The van der Waals surface area contributed by atoms with Gasteiger partial charge in [0.15, 0.2) is 0 Å². The molecule has 0 aromatic carbocycles. The molecule has 0 aliphatic carbocycles. The Kier molecular flexibility index (Phi) is 3.84. The molecule has 3 rings (SSSR count). The first-order valence-corrected chi connectivity index (χ1v) is 8.08. The number of carbonyl (C=O) groups is 2. The third-order valence-electron chi connectivity index (χ3n) is 3.38. The van der Waals surface area contributed by atoms with Crippen LogP contribution in [0.5, 0.6) is 0 Å². The minimum Gasteiger partial charge on any atom is -0.465 e. The van der Waals surface area contributed by atoms with Crippen LogP contribution < -0.4 is 0 Å². The van der Waals surface area contributed by atoms with Crippen LogP contribution in [-0.2, 0) is 9.47 Å². The van der Waals surface area contributed by atoms with Gasteiger partial charge < -0.3 is 13.9 Å². The topological polar surface area (TPSA) is 57.0 Å². The Hall–Kier alpha value is -1.99. The highest BCUT2D eigenvalue weighted by molar-refractivity contribution is 8.13. The molecule has 0 atom stereocenters. The molecular formula is C15H13NO4S2. The van der Waals surface area contributed by atoms with Gasteiger partial charge in [-0.2, -0.15) is 0 Å². The van der Waals surface area contributed by atoms with E-state index in [1.807, 2.05) is 35.7 Å². The molecular weight excluding hydrogens is 322 g/mol. The number of rotatable bonds is 2. The summed E-state index contributed by atoms with van der Waals surface area (Å²) in [6.07, 6.45) is 1.92. The number of thiophene rings is 1. The Balaban J connectivity index is 2.34. The number of hydrogen-bond acceptors (Lipinski definition) is 6. The Bertz CT molecular complexity index is 894. The highest BCUT2D eigenvalue weighted by Crippen LogP contribution is 2.42. The molecule has 22 heavy (non-hydrogen) atoms. The van der Waals surface area contributed by atoms with Crippen LogP contribution in [0.4, 0.5) is 4.79 Å². The smallest absolute Gasteiger partial charge is 0.372 e. The molecule has 0 saturated heterocycles. The fourth-order valence-electron chi connectivity index (χ4n) is 2.40. The molecule has 0 radical (unpaired) electrons.